The van der Waals surface area contributed by atoms with Gasteiger partial charge in [-0.15, -0.1) is 0 Å². The van der Waals surface area contributed by atoms with E-state index in [0.29, 0.717) is 11.4 Å². The van der Waals surface area contributed by atoms with Gasteiger partial charge in [-0.25, -0.2) is 4.98 Å². The highest BCUT2D eigenvalue weighted by atomic mass is 35.5. The lowest BCUT2D eigenvalue weighted by Crippen LogP contribution is -2.31. The highest BCUT2D eigenvalue weighted by Crippen LogP contribution is 2.44. The van der Waals surface area contributed by atoms with E-state index in [0.717, 1.165) is 45.8 Å². The van der Waals surface area contributed by atoms with Crippen LogP contribution in [0.15, 0.2) is 96.2 Å². The number of allylic oxidation sites excluding steroid dienone is 3. The highest BCUT2D eigenvalue weighted by molar-refractivity contribution is 6.30. The standard InChI is InChI=1S/C28H22ClN3O/c29-21-10-6-9-19(15-21)20-16-23-27(26(33)17-20)25(14-13-18-7-2-1-3-8-18)32-24-12-5-4-11-22(24)30-28(32)31-23/h1-15,20,25H,16-17H2,(H,30,31)/b14-13+. The Morgan fingerprint density at radius 1 is 0.970 bits per heavy atom. The van der Waals surface area contributed by atoms with Crippen LogP contribution in [-0.2, 0) is 4.79 Å². The third-order valence-electron chi connectivity index (χ3n) is 6.53. The van der Waals surface area contributed by atoms with Gasteiger partial charge >= 0.3 is 0 Å². The first-order valence-corrected chi connectivity index (χ1v) is 11.5. The Morgan fingerprint density at radius 3 is 2.64 bits per heavy atom. The third-order valence-corrected chi connectivity index (χ3v) is 6.77. The minimum absolute atomic E-state index is 0.0946. The van der Waals surface area contributed by atoms with E-state index in [9.17, 15) is 4.79 Å². The zero-order valence-electron chi connectivity index (χ0n) is 17.9. The van der Waals surface area contributed by atoms with Crippen molar-refractivity contribution >= 4 is 40.4 Å². The molecule has 2 unspecified atom stereocenters. The topological polar surface area (TPSA) is 46.9 Å². The highest BCUT2D eigenvalue weighted by Gasteiger charge is 2.37. The Balaban J connectivity index is 1.46. The molecule has 1 N–H and O–H groups in total. The Labute approximate surface area is 197 Å². The maximum atomic E-state index is 13.6. The van der Waals surface area contributed by atoms with Gasteiger partial charge in [0.25, 0.3) is 0 Å². The van der Waals surface area contributed by atoms with E-state index in [2.05, 4.69) is 46.3 Å². The van der Waals surface area contributed by atoms with Crippen molar-refractivity contribution < 1.29 is 4.79 Å². The number of rotatable bonds is 3. The van der Waals surface area contributed by atoms with Gasteiger partial charge in [0.1, 0.15) is 0 Å². The van der Waals surface area contributed by atoms with Crippen LogP contribution in [-0.4, -0.2) is 15.3 Å². The summed E-state index contributed by atoms with van der Waals surface area (Å²) in [5.74, 6) is 1.04. The molecule has 0 bridgehead atoms. The van der Waals surface area contributed by atoms with Crippen molar-refractivity contribution in [2.24, 2.45) is 0 Å². The van der Waals surface area contributed by atoms with Crippen LogP contribution in [0, 0.1) is 0 Å². The molecule has 0 fully saturated rings. The number of aromatic nitrogens is 2. The van der Waals surface area contributed by atoms with Gasteiger partial charge in [0.2, 0.25) is 5.95 Å². The normalized spacial score (nSPS) is 20.1. The summed E-state index contributed by atoms with van der Waals surface area (Å²) < 4.78 is 2.14. The number of anilines is 1. The van der Waals surface area contributed by atoms with E-state index in [-0.39, 0.29) is 17.7 Å². The Bertz CT molecular complexity index is 1430. The second kappa shape index (κ2) is 8.05. The third kappa shape index (κ3) is 3.57. The lowest BCUT2D eigenvalue weighted by molar-refractivity contribution is -0.116. The second-order valence-corrected chi connectivity index (χ2v) is 9.05. The molecule has 162 valence electrons. The number of ketones is 1. The quantitative estimate of drug-likeness (QED) is 0.374. The number of nitrogens with one attached hydrogen (secondary N) is 1. The lowest BCUT2D eigenvalue weighted by Gasteiger charge is -2.35. The molecule has 0 saturated heterocycles. The molecule has 5 heteroatoms. The molecule has 1 aliphatic carbocycles. The molecule has 4 aromatic rings. The average molecular weight is 452 g/mol. The summed E-state index contributed by atoms with van der Waals surface area (Å²) in [4.78, 5) is 18.4. The number of carbonyl (C=O) groups excluding carboxylic acids is 1. The fourth-order valence-electron chi connectivity index (χ4n) is 5.02. The van der Waals surface area contributed by atoms with E-state index in [1.807, 2.05) is 54.6 Å². The first-order chi connectivity index (χ1) is 16.2. The summed E-state index contributed by atoms with van der Waals surface area (Å²) >= 11 is 6.24. The molecule has 3 aromatic carbocycles. The number of Topliss-reactive ketones (excluding diaryl/α,β-unsaturated/α-hetero) is 1. The van der Waals surface area contributed by atoms with Crippen molar-refractivity contribution in [3.63, 3.8) is 0 Å². The molecular formula is C28H22ClN3O. The molecule has 2 heterocycles. The smallest absolute Gasteiger partial charge is 0.209 e. The lowest BCUT2D eigenvalue weighted by atomic mass is 9.79. The number of hydrogen-bond donors (Lipinski definition) is 1. The molecule has 6 rings (SSSR count). The second-order valence-electron chi connectivity index (χ2n) is 8.61. The average Bonchev–Trinajstić information content (AvgIpc) is 3.20. The van der Waals surface area contributed by atoms with Gasteiger partial charge in [0.05, 0.1) is 17.1 Å². The van der Waals surface area contributed by atoms with Crippen molar-refractivity contribution in [2.75, 3.05) is 5.32 Å². The molecule has 0 spiro atoms. The molecule has 4 nitrogen and oxygen atoms in total. The summed E-state index contributed by atoms with van der Waals surface area (Å²) in [6.45, 7) is 0. The molecule has 33 heavy (non-hydrogen) atoms. The largest absolute Gasteiger partial charge is 0.329 e. The molecule has 0 saturated carbocycles. The van der Waals surface area contributed by atoms with Crippen LogP contribution >= 0.6 is 11.6 Å². The first kappa shape index (κ1) is 20.0. The minimum atomic E-state index is -0.211. The van der Waals surface area contributed by atoms with Crippen molar-refractivity contribution in [3.8, 4) is 0 Å². The number of benzene rings is 3. The molecular weight excluding hydrogens is 430 g/mol. The van der Waals surface area contributed by atoms with Crippen LogP contribution in [0.25, 0.3) is 17.1 Å². The first-order valence-electron chi connectivity index (χ1n) is 11.2. The van der Waals surface area contributed by atoms with Crippen LogP contribution in [0.3, 0.4) is 0 Å². The molecule has 2 aliphatic rings. The fourth-order valence-corrected chi connectivity index (χ4v) is 5.21. The van der Waals surface area contributed by atoms with Crippen LogP contribution < -0.4 is 5.32 Å². The van der Waals surface area contributed by atoms with Gasteiger partial charge in [-0.2, -0.15) is 0 Å². The number of imidazole rings is 1. The molecule has 2 atom stereocenters. The maximum Gasteiger partial charge on any atom is 0.209 e. The Kier molecular flexibility index (Phi) is 4.88. The van der Waals surface area contributed by atoms with Crippen LogP contribution in [0.2, 0.25) is 5.02 Å². The molecule has 1 aromatic heterocycles. The Hall–Kier alpha value is -3.63. The predicted octanol–water partition coefficient (Wildman–Crippen LogP) is 6.77. The zero-order chi connectivity index (χ0) is 22.4. The maximum absolute atomic E-state index is 13.6. The van der Waals surface area contributed by atoms with E-state index in [1.165, 1.54) is 0 Å². The van der Waals surface area contributed by atoms with Crippen molar-refractivity contribution in [2.45, 2.75) is 24.8 Å². The minimum Gasteiger partial charge on any atom is -0.329 e. The molecule has 0 amide bonds. The van der Waals surface area contributed by atoms with Gasteiger partial charge < -0.3 is 5.32 Å². The van der Waals surface area contributed by atoms with Crippen molar-refractivity contribution in [1.29, 1.82) is 0 Å². The number of hydrogen-bond acceptors (Lipinski definition) is 3. The van der Waals surface area contributed by atoms with Crippen LogP contribution in [0.5, 0.6) is 0 Å². The molecule has 0 radical (unpaired) electrons. The summed E-state index contributed by atoms with van der Waals surface area (Å²) in [6, 6.07) is 25.9. The van der Waals surface area contributed by atoms with E-state index >= 15 is 0 Å². The van der Waals surface area contributed by atoms with Crippen molar-refractivity contribution in [1.82, 2.24) is 9.55 Å². The summed E-state index contributed by atoms with van der Waals surface area (Å²) in [5, 5.41) is 4.20. The van der Waals surface area contributed by atoms with E-state index in [1.54, 1.807) is 0 Å². The predicted molar refractivity (Wildman–Crippen MR) is 133 cm³/mol. The van der Waals surface area contributed by atoms with Crippen molar-refractivity contribution in [3.05, 3.63) is 112 Å². The Morgan fingerprint density at radius 2 is 1.79 bits per heavy atom. The molecule has 1 aliphatic heterocycles. The zero-order valence-corrected chi connectivity index (χ0v) is 18.7. The van der Waals surface area contributed by atoms with Gasteiger partial charge in [0.15, 0.2) is 5.78 Å². The van der Waals surface area contributed by atoms with E-state index < -0.39 is 0 Å². The van der Waals surface area contributed by atoms with Gasteiger partial charge in [0, 0.05) is 22.7 Å². The van der Waals surface area contributed by atoms with Gasteiger partial charge in [-0.05, 0) is 47.7 Å². The summed E-state index contributed by atoms with van der Waals surface area (Å²) in [5.41, 5.74) is 5.91. The van der Waals surface area contributed by atoms with Gasteiger partial charge in [-0.1, -0.05) is 78.4 Å². The number of nitrogens with zero attached hydrogens (tertiary/aromatic N) is 2. The summed E-state index contributed by atoms with van der Waals surface area (Å²) in [6.07, 6.45) is 5.44. The van der Waals surface area contributed by atoms with Crippen LogP contribution in [0.4, 0.5) is 5.95 Å². The fraction of sp³-hybridized carbons (Fsp3) is 0.143. The van der Waals surface area contributed by atoms with Gasteiger partial charge in [-0.3, -0.25) is 9.36 Å². The SMILES string of the molecule is O=C1CC(c2cccc(Cl)c2)CC2=C1C(/C=C/c1ccccc1)n1c(nc3ccccc31)N2. The summed E-state index contributed by atoms with van der Waals surface area (Å²) in [7, 11) is 0. The number of fused-ring (bicyclic) bond motifs is 3. The number of para-hydroxylation sites is 2. The van der Waals surface area contributed by atoms with E-state index in [4.69, 9.17) is 16.6 Å². The number of halogens is 1. The number of carbonyl (C=O) groups is 1. The van der Waals surface area contributed by atoms with Crippen LogP contribution in [0.1, 0.15) is 35.9 Å². The monoisotopic (exact) mass is 451 g/mol.